The highest BCUT2D eigenvalue weighted by molar-refractivity contribution is 7.97. The SMILES string of the molecule is CC(NC(=O)c1cc2ccc(Cl)cc2n1C)c1ccc2c(c1)CNS2. The summed E-state index contributed by atoms with van der Waals surface area (Å²) in [5.74, 6) is -0.0877. The summed E-state index contributed by atoms with van der Waals surface area (Å²) in [6.45, 7) is 2.87. The van der Waals surface area contributed by atoms with Crippen LogP contribution in [0.3, 0.4) is 0 Å². The zero-order valence-corrected chi connectivity index (χ0v) is 15.5. The molecule has 0 aliphatic carbocycles. The summed E-state index contributed by atoms with van der Waals surface area (Å²) >= 11 is 7.72. The van der Waals surface area contributed by atoms with Crippen molar-refractivity contribution in [3.8, 4) is 0 Å². The van der Waals surface area contributed by atoms with Crippen LogP contribution in [0.15, 0.2) is 47.4 Å². The highest BCUT2D eigenvalue weighted by Gasteiger charge is 2.18. The maximum Gasteiger partial charge on any atom is 0.268 e. The molecule has 4 rings (SSSR count). The average molecular weight is 372 g/mol. The molecular formula is C19H18ClN3OS. The summed E-state index contributed by atoms with van der Waals surface area (Å²) in [5.41, 5.74) is 3.97. The number of rotatable bonds is 3. The second kappa shape index (κ2) is 6.41. The van der Waals surface area contributed by atoms with Crippen LogP contribution in [0.25, 0.3) is 10.9 Å². The van der Waals surface area contributed by atoms with Crippen LogP contribution in [0.1, 0.15) is 34.6 Å². The van der Waals surface area contributed by atoms with Gasteiger partial charge in [-0.15, -0.1) is 0 Å². The molecule has 128 valence electrons. The van der Waals surface area contributed by atoms with E-state index in [0.717, 1.165) is 23.0 Å². The Bertz CT molecular complexity index is 982. The first-order valence-corrected chi connectivity index (χ1v) is 9.31. The summed E-state index contributed by atoms with van der Waals surface area (Å²) in [6.07, 6.45) is 0. The number of carbonyl (C=O) groups excluding carboxylic acids is 1. The van der Waals surface area contributed by atoms with Crippen LogP contribution in [0.2, 0.25) is 5.02 Å². The molecule has 1 unspecified atom stereocenters. The number of hydrogen-bond donors (Lipinski definition) is 2. The van der Waals surface area contributed by atoms with E-state index in [1.807, 2.05) is 42.8 Å². The molecule has 25 heavy (non-hydrogen) atoms. The summed E-state index contributed by atoms with van der Waals surface area (Å²) in [5, 5.41) is 4.77. The number of amides is 1. The Morgan fingerprint density at radius 1 is 1.28 bits per heavy atom. The maximum absolute atomic E-state index is 12.8. The Morgan fingerprint density at radius 3 is 2.96 bits per heavy atom. The molecule has 1 atom stereocenters. The predicted octanol–water partition coefficient (Wildman–Crippen LogP) is 4.43. The van der Waals surface area contributed by atoms with Gasteiger partial charge in [-0.2, -0.15) is 0 Å². The molecule has 4 nitrogen and oxygen atoms in total. The minimum Gasteiger partial charge on any atom is -0.344 e. The molecule has 1 aliphatic rings. The van der Waals surface area contributed by atoms with Gasteiger partial charge in [0.1, 0.15) is 5.69 Å². The molecular weight excluding hydrogens is 354 g/mol. The fraction of sp³-hybridized carbons (Fsp3) is 0.211. The molecule has 0 fully saturated rings. The third-order valence-corrected chi connectivity index (χ3v) is 5.76. The molecule has 0 bridgehead atoms. The predicted molar refractivity (Wildman–Crippen MR) is 103 cm³/mol. The number of nitrogens with one attached hydrogen (secondary N) is 2. The topological polar surface area (TPSA) is 46.1 Å². The number of aryl methyl sites for hydroxylation is 1. The summed E-state index contributed by atoms with van der Waals surface area (Å²) < 4.78 is 5.14. The van der Waals surface area contributed by atoms with Gasteiger partial charge in [-0.25, -0.2) is 0 Å². The van der Waals surface area contributed by atoms with Gasteiger partial charge in [0.25, 0.3) is 5.91 Å². The quantitative estimate of drug-likeness (QED) is 0.669. The minimum atomic E-state index is -0.0877. The van der Waals surface area contributed by atoms with Crippen LogP contribution >= 0.6 is 23.5 Å². The first-order chi connectivity index (χ1) is 12.0. The zero-order chi connectivity index (χ0) is 17.6. The van der Waals surface area contributed by atoms with E-state index in [1.54, 1.807) is 11.9 Å². The molecule has 0 saturated carbocycles. The van der Waals surface area contributed by atoms with E-state index in [4.69, 9.17) is 11.6 Å². The maximum atomic E-state index is 12.8. The number of halogens is 1. The highest BCUT2D eigenvalue weighted by atomic mass is 35.5. The summed E-state index contributed by atoms with van der Waals surface area (Å²) in [6, 6.07) is 13.8. The lowest BCUT2D eigenvalue weighted by Crippen LogP contribution is -2.28. The van der Waals surface area contributed by atoms with Gasteiger partial charge in [0.05, 0.1) is 6.04 Å². The largest absolute Gasteiger partial charge is 0.344 e. The van der Waals surface area contributed by atoms with Crippen molar-refractivity contribution in [3.05, 3.63) is 64.3 Å². The Kier molecular flexibility index (Phi) is 4.23. The van der Waals surface area contributed by atoms with Crippen molar-refractivity contribution in [3.63, 3.8) is 0 Å². The van der Waals surface area contributed by atoms with Crippen LogP contribution in [0, 0.1) is 0 Å². The van der Waals surface area contributed by atoms with Gasteiger partial charge in [0, 0.05) is 34.4 Å². The number of benzene rings is 2. The molecule has 1 amide bonds. The van der Waals surface area contributed by atoms with Crippen molar-refractivity contribution < 1.29 is 4.79 Å². The van der Waals surface area contributed by atoms with Gasteiger partial charge in [-0.05, 0) is 54.3 Å². The minimum absolute atomic E-state index is 0.0648. The fourth-order valence-electron chi connectivity index (χ4n) is 3.17. The van der Waals surface area contributed by atoms with E-state index in [2.05, 4.69) is 28.2 Å². The van der Waals surface area contributed by atoms with Crippen molar-refractivity contribution in [2.24, 2.45) is 7.05 Å². The molecule has 0 saturated heterocycles. The average Bonchev–Trinajstić information content (AvgIpc) is 3.19. The van der Waals surface area contributed by atoms with E-state index in [0.29, 0.717) is 10.7 Å². The molecule has 2 N–H and O–H groups in total. The number of fused-ring (bicyclic) bond motifs is 2. The van der Waals surface area contributed by atoms with E-state index in [1.165, 1.54) is 10.5 Å². The molecule has 0 radical (unpaired) electrons. The summed E-state index contributed by atoms with van der Waals surface area (Å²) in [4.78, 5) is 14.0. The standard InChI is InChI=1S/C19H18ClN3OS/c1-11(12-4-6-18-14(7-12)10-21-25-18)22-19(24)17-8-13-3-5-15(20)9-16(13)23(17)2/h3-9,11,21H,10H2,1-2H3,(H,22,24). The first-order valence-electron chi connectivity index (χ1n) is 8.11. The third kappa shape index (κ3) is 3.03. The molecule has 2 aromatic carbocycles. The summed E-state index contributed by atoms with van der Waals surface area (Å²) in [7, 11) is 1.89. The smallest absolute Gasteiger partial charge is 0.268 e. The molecule has 1 aliphatic heterocycles. The highest BCUT2D eigenvalue weighted by Crippen LogP contribution is 2.29. The first kappa shape index (κ1) is 16.5. The Morgan fingerprint density at radius 2 is 2.12 bits per heavy atom. The van der Waals surface area contributed by atoms with Crippen LogP contribution in [0.4, 0.5) is 0 Å². The number of carbonyl (C=O) groups is 1. The Balaban J connectivity index is 1.58. The van der Waals surface area contributed by atoms with Crippen LogP contribution in [-0.4, -0.2) is 10.5 Å². The molecule has 3 aromatic rings. The lowest BCUT2D eigenvalue weighted by atomic mass is 10.0. The Hall–Kier alpha value is -1.95. The molecule has 1 aromatic heterocycles. The van der Waals surface area contributed by atoms with Crippen molar-refractivity contribution in [1.82, 2.24) is 14.6 Å². The number of hydrogen-bond acceptors (Lipinski definition) is 3. The van der Waals surface area contributed by atoms with Crippen molar-refractivity contribution in [1.29, 1.82) is 0 Å². The third-order valence-electron chi connectivity index (χ3n) is 4.62. The van der Waals surface area contributed by atoms with Gasteiger partial charge < -0.3 is 9.88 Å². The van der Waals surface area contributed by atoms with Crippen LogP contribution in [0.5, 0.6) is 0 Å². The second-order valence-corrected chi connectivity index (χ2v) is 7.65. The normalized spacial score (nSPS) is 14.5. The molecule has 0 spiro atoms. The second-order valence-electron chi connectivity index (χ2n) is 6.28. The zero-order valence-electron chi connectivity index (χ0n) is 14.0. The van der Waals surface area contributed by atoms with E-state index < -0.39 is 0 Å². The lowest BCUT2D eigenvalue weighted by Gasteiger charge is -2.15. The van der Waals surface area contributed by atoms with Crippen molar-refractivity contribution in [2.75, 3.05) is 0 Å². The molecule has 6 heteroatoms. The van der Waals surface area contributed by atoms with Crippen molar-refractivity contribution in [2.45, 2.75) is 24.4 Å². The van der Waals surface area contributed by atoms with Gasteiger partial charge in [0.15, 0.2) is 0 Å². The lowest BCUT2D eigenvalue weighted by molar-refractivity contribution is 0.0932. The molecule has 2 heterocycles. The van der Waals surface area contributed by atoms with E-state index >= 15 is 0 Å². The van der Waals surface area contributed by atoms with Crippen LogP contribution < -0.4 is 10.0 Å². The van der Waals surface area contributed by atoms with Crippen molar-refractivity contribution >= 4 is 40.4 Å². The van der Waals surface area contributed by atoms with E-state index in [9.17, 15) is 4.79 Å². The van der Waals surface area contributed by atoms with Gasteiger partial charge in [-0.3, -0.25) is 9.52 Å². The van der Waals surface area contributed by atoms with Gasteiger partial charge in [-0.1, -0.05) is 29.8 Å². The van der Waals surface area contributed by atoms with Crippen LogP contribution in [-0.2, 0) is 13.6 Å². The monoisotopic (exact) mass is 371 g/mol. The van der Waals surface area contributed by atoms with E-state index in [-0.39, 0.29) is 11.9 Å². The number of nitrogens with zero attached hydrogens (tertiary/aromatic N) is 1. The number of aromatic nitrogens is 1. The van der Waals surface area contributed by atoms with Gasteiger partial charge in [0.2, 0.25) is 0 Å². The van der Waals surface area contributed by atoms with Gasteiger partial charge >= 0.3 is 0 Å². The Labute approximate surface area is 155 Å². The fourth-order valence-corrected chi connectivity index (χ4v) is 4.12.